The summed E-state index contributed by atoms with van der Waals surface area (Å²) in [5.74, 6) is -0.949. The molecule has 10 nitrogen and oxygen atoms in total. The Hall–Kier alpha value is -6.26. The molecule has 0 bridgehead atoms. The first-order chi connectivity index (χ1) is 21.7. The second-order valence-corrected chi connectivity index (χ2v) is 9.31. The number of aromatic hydroxyl groups is 2. The van der Waals surface area contributed by atoms with Gasteiger partial charge in [-0.15, -0.1) is 0 Å². The number of aldehydes is 1. The van der Waals surface area contributed by atoms with E-state index in [0.29, 0.717) is 46.0 Å². The molecule has 0 aliphatic carbocycles. The van der Waals surface area contributed by atoms with Gasteiger partial charge in [0, 0.05) is 29.4 Å². The van der Waals surface area contributed by atoms with Gasteiger partial charge in [0.1, 0.15) is 40.1 Å². The van der Waals surface area contributed by atoms with Crippen LogP contribution in [0.4, 0.5) is 0 Å². The summed E-state index contributed by atoms with van der Waals surface area (Å²) in [6.07, 6.45) is 6.11. The second kappa shape index (κ2) is 14.3. The van der Waals surface area contributed by atoms with Crippen molar-refractivity contribution >= 4 is 36.0 Å². The molecule has 0 amide bonds. The zero-order valence-corrected chi connectivity index (χ0v) is 23.7. The lowest BCUT2D eigenvalue weighted by Gasteiger charge is -2.02. The molecule has 0 spiro atoms. The molecular weight excluding hydrogens is 580 g/mol. The Morgan fingerprint density at radius 2 is 1.16 bits per heavy atom. The van der Waals surface area contributed by atoms with E-state index in [1.807, 2.05) is 0 Å². The third-order valence-electron chi connectivity index (χ3n) is 6.43. The number of benzene rings is 3. The number of carbonyl (C=O) groups is 4. The first-order valence-electron chi connectivity index (χ1n) is 13.3. The third-order valence-corrected chi connectivity index (χ3v) is 6.43. The summed E-state index contributed by atoms with van der Waals surface area (Å²) < 4.78 is 11.4. The van der Waals surface area contributed by atoms with E-state index in [1.54, 1.807) is 48.5 Å². The number of ketones is 2. The average molecular weight is 607 g/mol. The van der Waals surface area contributed by atoms with E-state index in [9.17, 15) is 34.5 Å². The maximum absolute atomic E-state index is 12.8. The molecule has 0 saturated carbocycles. The number of rotatable bonds is 10. The molecule has 0 unspecified atom stereocenters. The maximum atomic E-state index is 12.8. The SMILES string of the molecule is CO.O=Cc1cc(-c2ccc(/C=C/C(=O)c3cccc(C(=O)/C=C/c4ccc(-c5ccc(O)c(C(=O)O)c5)o4)c3)o2)ccc1O. The Bertz CT molecular complexity index is 1940. The fourth-order valence-corrected chi connectivity index (χ4v) is 4.19. The summed E-state index contributed by atoms with van der Waals surface area (Å²) in [6.45, 7) is 0. The van der Waals surface area contributed by atoms with Crippen LogP contribution in [-0.2, 0) is 0 Å². The molecule has 4 N–H and O–H groups in total. The van der Waals surface area contributed by atoms with Crippen molar-refractivity contribution in [2.45, 2.75) is 0 Å². The Morgan fingerprint density at radius 3 is 1.67 bits per heavy atom. The van der Waals surface area contributed by atoms with Gasteiger partial charge < -0.3 is 29.3 Å². The van der Waals surface area contributed by atoms with E-state index < -0.39 is 5.97 Å². The van der Waals surface area contributed by atoms with Crippen molar-refractivity contribution in [1.29, 1.82) is 0 Å². The highest BCUT2D eigenvalue weighted by molar-refractivity contribution is 6.11. The number of aliphatic hydroxyl groups is 1. The first-order valence-corrected chi connectivity index (χ1v) is 13.3. The summed E-state index contributed by atoms with van der Waals surface area (Å²) in [7, 11) is 1.00. The molecule has 5 rings (SSSR count). The topological polar surface area (TPSA) is 175 Å². The van der Waals surface area contributed by atoms with Crippen LogP contribution >= 0.6 is 0 Å². The van der Waals surface area contributed by atoms with Crippen molar-refractivity contribution < 1.29 is 48.4 Å². The van der Waals surface area contributed by atoms with Gasteiger partial charge in [-0.2, -0.15) is 0 Å². The van der Waals surface area contributed by atoms with Crippen LogP contribution in [0.25, 0.3) is 34.8 Å². The van der Waals surface area contributed by atoms with Crippen molar-refractivity contribution in [3.63, 3.8) is 0 Å². The van der Waals surface area contributed by atoms with Crippen molar-refractivity contribution in [3.05, 3.63) is 131 Å². The molecule has 2 heterocycles. The van der Waals surface area contributed by atoms with Crippen molar-refractivity contribution in [3.8, 4) is 34.1 Å². The molecular formula is C35H26O10. The van der Waals surface area contributed by atoms with Crippen molar-refractivity contribution in [2.75, 3.05) is 7.11 Å². The number of hydrogen-bond acceptors (Lipinski definition) is 9. The summed E-state index contributed by atoms with van der Waals surface area (Å²) >= 11 is 0. The van der Waals surface area contributed by atoms with Gasteiger partial charge in [-0.05, 0) is 91.0 Å². The van der Waals surface area contributed by atoms with Crippen molar-refractivity contribution in [2.24, 2.45) is 0 Å². The van der Waals surface area contributed by atoms with E-state index in [1.165, 1.54) is 60.7 Å². The molecule has 2 aromatic heterocycles. The quantitative estimate of drug-likeness (QED) is 0.0777. The number of carboxylic acid groups (broad SMARTS) is 1. The van der Waals surface area contributed by atoms with Crippen LogP contribution in [0.5, 0.6) is 11.5 Å². The van der Waals surface area contributed by atoms with Gasteiger partial charge >= 0.3 is 5.97 Å². The van der Waals surface area contributed by atoms with E-state index in [4.69, 9.17) is 13.9 Å². The summed E-state index contributed by atoms with van der Waals surface area (Å²) in [5, 5.41) is 35.6. The molecule has 0 radical (unpaired) electrons. The van der Waals surface area contributed by atoms with E-state index >= 15 is 0 Å². The van der Waals surface area contributed by atoms with E-state index in [2.05, 4.69) is 0 Å². The highest BCUT2D eigenvalue weighted by Gasteiger charge is 2.13. The molecule has 0 fully saturated rings. The Morgan fingerprint density at radius 1 is 0.644 bits per heavy atom. The predicted octanol–water partition coefficient (Wildman–Crippen LogP) is 6.53. The fraction of sp³-hybridized carbons (Fsp3) is 0.0286. The zero-order chi connectivity index (χ0) is 32.5. The third kappa shape index (κ3) is 7.58. The smallest absolute Gasteiger partial charge is 0.339 e. The molecule has 226 valence electrons. The van der Waals surface area contributed by atoms with E-state index in [0.717, 1.165) is 7.11 Å². The van der Waals surface area contributed by atoms with E-state index in [-0.39, 0.29) is 39.8 Å². The molecule has 45 heavy (non-hydrogen) atoms. The molecule has 0 atom stereocenters. The Labute approximate surface area is 256 Å². The van der Waals surface area contributed by atoms with Crippen LogP contribution in [0.1, 0.15) is 53.0 Å². The van der Waals surface area contributed by atoms with Gasteiger partial charge in [-0.1, -0.05) is 18.2 Å². The average Bonchev–Trinajstić information content (AvgIpc) is 3.74. The Kier molecular flexibility index (Phi) is 10.0. The highest BCUT2D eigenvalue weighted by Crippen LogP contribution is 2.29. The standard InChI is InChI=1S/C34H22O9.CH4O/c35-19-24-17-22(4-10-30(24)38)32-14-8-25(42-32)6-12-28(36)20-2-1-3-21(16-20)29(37)13-7-26-9-15-33(43-26)23-5-11-31(39)27(18-23)34(40)41;1-2/h1-19,38-39H,(H,40,41);2H,1H3/b12-6+,13-7+;. The normalized spacial score (nSPS) is 10.9. The molecule has 3 aromatic carbocycles. The fourth-order valence-electron chi connectivity index (χ4n) is 4.19. The number of aromatic carboxylic acids is 1. The second-order valence-electron chi connectivity index (χ2n) is 9.31. The molecule has 0 aliphatic rings. The molecule has 0 aliphatic heterocycles. The lowest BCUT2D eigenvalue weighted by Crippen LogP contribution is -1.99. The zero-order valence-electron chi connectivity index (χ0n) is 23.7. The molecule has 10 heteroatoms. The van der Waals surface area contributed by atoms with Crippen molar-refractivity contribution in [1.82, 2.24) is 0 Å². The van der Waals surface area contributed by atoms with Gasteiger partial charge in [0.05, 0.1) is 5.56 Å². The number of carboxylic acids is 1. The maximum Gasteiger partial charge on any atom is 0.339 e. The minimum atomic E-state index is -1.27. The lowest BCUT2D eigenvalue weighted by atomic mass is 10.0. The van der Waals surface area contributed by atoms with Gasteiger partial charge in [0.2, 0.25) is 0 Å². The largest absolute Gasteiger partial charge is 0.507 e. The van der Waals surface area contributed by atoms with Gasteiger partial charge in [0.25, 0.3) is 0 Å². The number of aliphatic hydroxyl groups excluding tert-OH is 1. The number of phenolic OH excluding ortho intramolecular Hbond substituents is 1. The van der Waals surface area contributed by atoms with Gasteiger partial charge in [-0.3, -0.25) is 14.4 Å². The monoisotopic (exact) mass is 606 g/mol. The number of allylic oxidation sites excluding steroid dienone is 2. The number of phenols is 2. The number of hydrogen-bond donors (Lipinski definition) is 4. The Balaban J connectivity index is 0.00000226. The first kappa shape index (κ1) is 31.7. The van der Waals surface area contributed by atoms with Crippen LogP contribution in [-0.4, -0.2) is 51.4 Å². The number of carbonyl (C=O) groups excluding carboxylic acids is 3. The summed E-state index contributed by atoms with van der Waals surface area (Å²) in [5.41, 5.74) is 1.47. The van der Waals surface area contributed by atoms with Crippen LogP contribution in [0, 0.1) is 0 Å². The van der Waals surface area contributed by atoms with Gasteiger partial charge in [-0.25, -0.2) is 4.79 Å². The van der Waals surface area contributed by atoms with Gasteiger partial charge in [0.15, 0.2) is 17.9 Å². The molecule has 0 saturated heterocycles. The molecule has 5 aromatic rings. The van der Waals surface area contributed by atoms with Crippen LogP contribution in [0.2, 0.25) is 0 Å². The predicted molar refractivity (Wildman–Crippen MR) is 165 cm³/mol. The van der Waals surface area contributed by atoms with Crippen LogP contribution < -0.4 is 0 Å². The summed E-state index contributed by atoms with van der Waals surface area (Å²) in [4.78, 5) is 48.0. The summed E-state index contributed by atoms with van der Waals surface area (Å²) in [6, 6.07) is 21.4. The number of furan rings is 2. The van der Waals surface area contributed by atoms with Crippen LogP contribution in [0.15, 0.2) is 106 Å². The van der Waals surface area contributed by atoms with Crippen LogP contribution in [0.3, 0.4) is 0 Å². The minimum Gasteiger partial charge on any atom is -0.507 e. The lowest BCUT2D eigenvalue weighted by molar-refractivity contribution is 0.0693. The minimum absolute atomic E-state index is 0.129. The highest BCUT2D eigenvalue weighted by atomic mass is 16.4.